The number of halogens is 4. The van der Waals surface area contributed by atoms with Gasteiger partial charge in [-0.1, -0.05) is 12.1 Å². The summed E-state index contributed by atoms with van der Waals surface area (Å²) in [5, 5.41) is 9.15. The normalized spacial score (nSPS) is 19.3. The molecule has 3 rings (SSSR count). The van der Waals surface area contributed by atoms with Crippen molar-refractivity contribution < 1.29 is 32.1 Å². The minimum Gasteiger partial charge on any atom is -0.505 e. The van der Waals surface area contributed by atoms with E-state index in [1.165, 1.54) is 6.07 Å². The van der Waals surface area contributed by atoms with Crippen LogP contribution in [0.25, 0.3) is 0 Å². The van der Waals surface area contributed by atoms with E-state index in [0.29, 0.717) is 37.9 Å². The first-order valence-corrected chi connectivity index (χ1v) is 9.76. The fraction of sp³-hybridized carbons (Fsp3) is 0.455. The third-order valence-corrected chi connectivity index (χ3v) is 5.44. The molecule has 0 heterocycles. The number of aromatic hydroxyl groups is 1. The molecule has 1 aliphatic rings. The van der Waals surface area contributed by atoms with Crippen molar-refractivity contribution in [2.45, 2.75) is 45.1 Å². The molecule has 1 N–H and O–H groups in total. The van der Waals surface area contributed by atoms with Gasteiger partial charge in [-0.25, -0.2) is 8.78 Å². The maximum atomic E-state index is 14.5. The first kappa shape index (κ1) is 21.4. The van der Waals surface area contributed by atoms with E-state index in [9.17, 15) is 17.6 Å². The van der Waals surface area contributed by atoms with Crippen LogP contribution in [0.5, 0.6) is 11.5 Å². The second-order valence-electron chi connectivity index (χ2n) is 7.32. The van der Waals surface area contributed by atoms with E-state index in [2.05, 4.69) is 0 Å². The molecule has 158 valence electrons. The number of rotatable bonds is 7. The highest BCUT2D eigenvalue weighted by Crippen LogP contribution is 2.38. The van der Waals surface area contributed by atoms with Crippen molar-refractivity contribution in [2.75, 3.05) is 13.2 Å². The van der Waals surface area contributed by atoms with E-state index in [1.807, 2.05) is 0 Å². The summed E-state index contributed by atoms with van der Waals surface area (Å²) < 4.78 is 66.4. The predicted molar refractivity (Wildman–Crippen MR) is 99.9 cm³/mol. The third-order valence-electron chi connectivity index (χ3n) is 5.44. The van der Waals surface area contributed by atoms with Crippen molar-refractivity contribution in [1.29, 1.82) is 0 Å². The van der Waals surface area contributed by atoms with Gasteiger partial charge in [-0.2, -0.15) is 8.78 Å². The number of phenolic OH excluding ortho intramolecular Hbond substituents is 1. The Morgan fingerprint density at radius 1 is 0.897 bits per heavy atom. The SMILES string of the molecule is CCOCc1ccc(C2CCC(COc3ccc(O)c(F)c3F)CC2)c(F)c1F. The van der Waals surface area contributed by atoms with Crippen LogP contribution in [-0.2, 0) is 11.3 Å². The Bertz CT molecular complexity index is 848. The van der Waals surface area contributed by atoms with Gasteiger partial charge in [0.25, 0.3) is 0 Å². The van der Waals surface area contributed by atoms with Gasteiger partial charge in [0.05, 0.1) is 13.2 Å². The van der Waals surface area contributed by atoms with E-state index in [-0.39, 0.29) is 36.4 Å². The second kappa shape index (κ2) is 9.48. The summed E-state index contributed by atoms with van der Waals surface area (Å²) in [6.45, 7) is 2.45. The molecular weight excluding hydrogens is 388 g/mol. The molecule has 29 heavy (non-hydrogen) atoms. The highest BCUT2D eigenvalue weighted by molar-refractivity contribution is 5.34. The van der Waals surface area contributed by atoms with Crippen LogP contribution < -0.4 is 4.74 Å². The van der Waals surface area contributed by atoms with Gasteiger partial charge >= 0.3 is 0 Å². The standard InChI is InChI=1S/C22H24F4O3/c1-2-28-12-15-7-8-16(20(24)19(15)23)14-5-3-13(4-6-14)11-29-18-10-9-17(27)21(25)22(18)26/h7-10,13-14,27H,2-6,11-12H2,1H3. The van der Waals surface area contributed by atoms with Gasteiger partial charge in [-0.15, -0.1) is 0 Å². The molecule has 2 aromatic rings. The lowest BCUT2D eigenvalue weighted by Gasteiger charge is -2.29. The van der Waals surface area contributed by atoms with Crippen LogP contribution in [0.1, 0.15) is 49.7 Å². The minimum absolute atomic E-state index is 0.0397. The average Bonchev–Trinajstić information content (AvgIpc) is 2.73. The van der Waals surface area contributed by atoms with Crippen LogP contribution >= 0.6 is 0 Å². The first-order chi connectivity index (χ1) is 13.9. The van der Waals surface area contributed by atoms with Crippen molar-refractivity contribution in [3.8, 4) is 11.5 Å². The molecule has 1 saturated carbocycles. The van der Waals surface area contributed by atoms with E-state index >= 15 is 0 Å². The molecule has 1 fully saturated rings. The van der Waals surface area contributed by atoms with Gasteiger partial charge in [-0.3, -0.25) is 0 Å². The molecule has 3 nitrogen and oxygen atoms in total. The monoisotopic (exact) mass is 412 g/mol. The summed E-state index contributed by atoms with van der Waals surface area (Å²) in [7, 11) is 0. The Morgan fingerprint density at radius 2 is 1.62 bits per heavy atom. The Morgan fingerprint density at radius 3 is 2.31 bits per heavy atom. The van der Waals surface area contributed by atoms with Crippen LogP contribution in [-0.4, -0.2) is 18.3 Å². The quantitative estimate of drug-likeness (QED) is 0.581. The smallest absolute Gasteiger partial charge is 0.204 e. The van der Waals surface area contributed by atoms with Crippen molar-refractivity contribution >= 4 is 0 Å². The zero-order chi connectivity index (χ0) is 21.0. The molecule has 7 heteroatoms. The van der Waals surface area contributed by atoms with Crippen LogP contribution in [0.3, 0.4) is 0 Å². The molecule has 1 aliphatic carbocycles. The van der Waals surface area contributed by atoms with Crippen molar-refractivity contribution in [2.24, 2.45) is 5.92 Å². The summed E-state index contributed by atoms with van der Waals surface area (Å²) >= 11 is 0. The second-order valence-corrected chi connectivity index (χ2v) is 7.32. The number of ether oxygens (including phenoxy) is 2. The van der Waals surface area contributed by atoms with Gasteiger partial charge in [-0.05, 0) is 62.1 Å². The number of hydrogen-bond donors (Lipinski definition) is 1. The maximum Gasteiger partial charge on any atom is 0.204 e. The molecule has 0 aliphatic heterocycles. The van der Waals surface area contributed by atoms with Gasteiger partial charge < -0.3 is 14.6 Å². The van der Waals surface area contributed by atoms with Gasteiger partial charge in [0, 0.05) is 12.2 Å². The zero-order valence-corrected chi connectivity index (χ0v) is 16.2. The molecule has 0 atom stereocenters. The molecule has 0 saturated heterocycles. The minimum atomic E-state index is -1.34. The molecule has 0 radical (unpaired) electrons. The van der Waals surface area contributed by atoms with Crippen molar-refractivity contribution in [3.05, 3.63) is 58.7 Å². The fourth-order valence-corrected chi connectivity index (χ4v) is 3.72. The topological polar surface area (TPSA) is 38.7 Å². The molecule has 0 spiro atoms. The molecular formula is C22H24F4O3. The van der Waals surface area contributed by atoms with Crippen molar-refractivity contribution in [3.63, 3.8) is 0 Å². The number of benzene rings is 2. The van der Waals surface area contributed by atoms with Crippen LogP contribution in [0.2, 0.25) is 0 Å². The summed E-state index contributed by atoms with van der Waals surface area (Å²) in [5.74, 6) is -5.23. The van der Waals surface area contributed by atoms with Crippen LogP contribution in [0.15, 0.2) is 24.3 Å². The van der Waals surface area contributed by atoms with Gasteiger partial charge in [0.1, 0.15) is 0 Å². The van der Waals surface area contributed by atoms with Crippen molar-refractivity contribution in [1.82, 2.24) is 0 Å². The summed E-state index contributed by atoms with van der Waals surface area (Å²) in [6.07, 6.45) is 2.71. The Hall–Kier alpha value is -2.28. The lowest BCUT2D eigenvalue weighted by atomic mass is 9.78. The Balaban J connectivity index is 1.57. The largest absolute Gasteiger partial charge is 0.505 e. The van der Waals surface area contributed by atoms with E-state index < -0.39 is 29.0 Å². The summed E-state index contributed by atoms with van der Waals surface area (Å²) in [4.78, 5) is 0. The van der Waals surface area contributed by atoms with Gasteiger partial charge in [0.15, 0.2) is 23.1 Å². The lowest BCUT2D eigenvalue weighted by molar-refractivity contribution is 0.130. The maximum absolute atomic E-state index is 14.5. The highest BCUT2D eigenvalue weighted by atomic mass is 19.2. The molecule has 0 unspecified atom stereocenters. The first-order valence-electron chi connectivity index (χ1n) is 9.76. The highest BCUT2D eigenvalue weighted by Gasteiger charge is 2.27. The molecule has 0 amide bonds. The van der Waals surface area contributed by atoms with Gasteiger partial charge in [0.2, 0.25) is 11.6 Å². The summed E-state index contributed by atoms with van der Waals surface area (Å²) in [5.41, 5.74) is 0.576. The zero-order valence-electron chi connectivity index (χ0n) is 16.2. The average molecular weight is 412 g/mol. The summed E-state index contributed by atoms with van der Waals surface area (Å²) in [6, 6.07) is 5.42. The third kappa shape index (κ3) is 4.83. The molecule has 2 aromatic carbocycles. The Kier molecular flexibility index (Phi) is 7.00. The van der Waals surface area contributed by atoms with E-state index in [4.69, 9.17) is 14.6 Å². The Labute approximate surface area is 167 Å². The number of phenols is 1. The van der Waals surface area contributed by atoms with E-state index in [1.54, 1.807) is 19.1 Å². The number of hydrogen-bond acceptors (Lipinski definition) is 3. The lowest BCUT2D eigenvalue weighted by Crippen LogP contribution is -2.20. The van der Waals surface area contributed by atoms with Crippen LogP contribution in [0, 0.1) is 29.2 Å². The molecule has 0 bridgehead atoms. The predicted octanol–water partition coefficient (Wildman–Crippen LogP) is 5.84. The van der Waals surface area contributed by atoms with Crippen LogP contribution in [0.4, 0.5) is 17.6 Å². The molecule has 0 aromatic heterocycles. The fourth-order valence-electron chi connectivity index (χ4n) is 3.72. The van der Waals surface area contributed by atoms with E-state index in [0.717, 1.165) is 6.07 Å².